The van der Waals surface area contributed by atoms with E-state index in [0.717, 1.165) is 5.56 Å². The predicted molar refractivity (Wildman–Crippen MR) is 37.1 cm³/mol. The molecule has 0 N–H and O–H groups in total. The highest BCUT2D eigenvalue weighted by atomic mass is 16.5. The fourth-order valence-electron chi connectivity index (χ4n) is 0.610. The molecule has 0 amide bonds. The van der Waals surface area contributed by atoms with E-state index < -0.39 is 0 Å². The Labute approximate surface area is 59.7 Å². The first-order chi connectivity index (χ1) is 4.83. The van der Waals surface area contributed by atoms with E-state index in [-0.39, 0.29) is 0 Å². The predicted octanol–water partition coefficient (Wildman–Crippen LogP) is 1.73. The monoisotopic (exact) mass is 132 g/mol. The zero-order valence-corrected chi connectivity index (χ0v) is 5.37. The van der Waals surface area contributed by atoms with Crippen LogP contribution in [0.5, 0.6) is 5.75 Å². The average molecular weight is 132 g/mol. The van der Waals surface area contributed by atoms with Gasteiger partial charge in [0.2, 0.25) is 0 Å². The van der Waals surface area contributed by atoms with Crippen molar-refractivity contribution in [3.8, 4) is 12.0 Å². The Bertz CT molecular complexity index is 245. The second-order valence-electron chi connectivity index (χ2n) is 1.84. The molecule has 0 saturated heterocycles. The van der Waals surface area contributed by atoms with E-state index >= 15 is 0 Å². The Kier molecular flexibility index (Phi) is 1.91. The second kappa shape index (κ2) is 2.88. The molecular weight excluding hydrogens is 126 g/mol. The highest BCUT2D eigenvalue weighted by Gasteiger charge is 1.88. The lowest BCUT2D eigenvalue weighted by Gasteiger charge is -1.93. The van der Waals surface area contributed by atoms with Gasteiger partial charge < -0.3 is 4.74 Å². The van der Waals surface area contributed by atoms with E-state index in [0.29, 0.717) is 5.75 Å². The van der Waals surface area contributed by atoms with Gasteiger partial charge in [0, 0.05) is 0 Å². The largest absolute Gasteiger partial charge is 0.388 e. The number of hydrogen-bond donors (Lipinski definition) is 0. The molecule has 2 nitrogen and oxygen atoms in total. The minimum Gasteiger partial charge on any atom is -0.388 e. The topological polar surface area (TPSA) is 33.0 Å². The lowest BCUT2D eigenvalue weighted by atomic mass is 10.2. The summed E-state index contributed by atoms with van der Waals surface area (Å²) in [7, 11) is 0. The molecule has 1 aromatic rings. The van der Waals surface area contributed by atoms with Crippen molar-refractivity contribution in [2.45, 2.75) is 0 Å². The quantitative estimate of drug-likeness (QED) is 0.545. The first kappa shape index (κ1) is 6.63. The lowest BCUT2D eigenvalue weighted by Crippen LogP contribution is -1.80. The first-order valence-corrected chi connectivity index (χ1v) is 2.81. The van der Waals surface area contributed by atoms with Crippen LogP contribution >= 0.6 is 0 Å². The van der Waals surface area contributed by atoms with Gasteiger partial charge in [-0.05, 0) is 24.6 Å². The molecule has 0 bridgehead atoms. The van der Waals surface area contributed by atoms with E-state index in [2.05, 4.69) is 11.7 Å². The highest BCUT2D eigenvalue weighted by molar-refractivity contribution is 5.29. The van der Waals surface area contributed by atoms with Gasteiger partial charge in [0.1, 0.15) is 5.75 Å². The molecule has 0 aromatic heterocycles. The van der Waals surface area contributed by atoms with Crippen molar-refractivity contribution < 1.29 is 4.74 Å². The fraction of sp³-hybridized carbons (Fsp3) is 0. The molecule has 0 saturated carbocycles. The first-order valence-electron chi connectivity index (χ1n) is 2.81. The Morgan fingerprint density at radius 2 is 1.90 bits per heavy atom. The molecule has 1 aromatic carbocycles. The van der Waals surface area contributed by atoms with Crippen LogP contribution in [0.15, 0.2) is 24.3 Å². The number of benzene rings is 1. The fourth-order valence-corrected chi connectivity index (χ4v) is 0.610. The van der Waals surface area contributed by atoms with Crippen LogP contribution in [0, 0.1) is 18.4 Å². The molecule has 10 heavy (non-hydrogen) atoms. The molecule has 0 heterocycles. The van der Waals surface area contributed by atoms with E-state index in [1.807, 2.05) is 0 Å². The molecule has 0 fully saturated rings. The van der Waals surface area contributed by atoms with Crippen LogP contribution in [0.4, 0.5) is 0 Å². The minimum atomic E-state index is 0.551. The smallest absolute Gasteiger partial charge is 0.292 e. The van der Waals surface area contributed by atoms with Gasteiger partial charge in [0.15, 0.2) is 0 Å². The SMILES string of the molecule is [CH2]c1ccc(OC#N)cc1. The van der Waals surface area contributed by atoms with Crippen LogP contribution in [0.1, 0.15) is 5.56 Å². The Morgan fingerprint density at radius 1 is 1.30 bits per heavy atom. The third kappa shape index (κ3) is 1.49. The van der Waals surface area contributed by atoms with Crippen molar-refractivity contribution in [1.29, 1.82) is 5.26 Å². The maximum atomic E-state index is 8.10. The molecular formula is C8H6NO. The Balaban J connectivity index is 2.81. The maximum absolute atomic E-state index is 8.10. The summed E-state index contributed by atoms with van der Waals surface area (Å²) in [6.45, 7) is 3.68. The van der Waals surface area contributed by atoms with Gasteiger partial charge in [-0.25, -0.2) is 0 Å². The Morgan fingerprint density at radius 3 is 2.40 bits per heavy atom. The second-order valence-corrected chi connectivity index (χ2v) is 1.84. The molecule has 0 unspecified atom stereocenters. The maximum Gasteiger partial charge on any atom is 0.292 e. The molecule has 0 aliphatic rings. The van der Waals surface area contributed by atoms with Gasteiger partial charge in [-0.15, -0.1) is 5.26 Å². The lowest BCUT2D eigenvalue weighted by molar-refractivity contribution is 0.507. The molecule has 0 aliphatic carbocycles. The van der Waals surface area contributed by atoms with Crippen molar-refractivity contribution in [3.05, 3.63) is 36.8 Å². The molecule has 0 spiro atoms. The summed E-state index contributed by atoms with van der Waals surface area (Å²) >= 11 is 0. The van der Waals surface area contributed by atoms with Crippen molar-refractivity contribution in [2.24, 2.45) is 0 Å². The van der Waals surface area contributed by atoms with E-state index in [4.69, 9.17) is 5.26 Å². The number of ether oxygens (including phenoxy) is 1. The van der Waals surface area contributed by atoms with Gasteiger partial charge in [0.25, 0.3) is 6.26 Å². The summed E-state index contributed by atoms with van der Waals surface area (Å²) < 4.78 is 4.54. The van der Waals surface area contributed by atoms with E-state index in [1.54, 1.807) is 30.5 Å². The standard InChI is InChI=1S/C8H6NO/c1-7-2-4-8(5-3-7)10-6-9/h2-5H,1H2. The highest BCUT2D eigenvalue weighted by Crippen LogP contribution is 2.10. The van der Waals surface area contributed by atoms with Crippen LogP contribution in [-0.4, -0.2) is 0 Å². The normalized spacial score (nSPS) is 8.40. The number of nitrogens with zero attached hydrogens (tertiary/aromatic N) is 1. The van der Waals surface area contributed by atoms with Crippen molar-refractivity contribution in [2.75, 3.05) is 0 Å². The van der Waals surface area contributed by atoms with Crippen molar-refractivity contribution in [1.82, 2.24) is 0 Å². The van der Waals surface area contributed by atoms with Crippen LogP contribution in [0.25, 0.3) is 0 Å². The summed E-state index contributed by atoms with van der Waals surface area (Å²) in [6, 6.07) is 6.97. The molecule has 1 radical (unpaired) electrons. The summed E-state index contributed by atoms with van der Waals surface area (Å²) in [4.78, 5) is 0. The average Bonchev–Trinajstić information content (AvgIpc) is 1.95. The molecule has 0 aliphatic heterocycles. The molecule has 1 rings (SSSR count). The summed E-state index contributed by atoms with van der Waals surface area (Å²) in [6.07, 6.45) is 1.58. The zero-order valence-electron chi connectivity index (χ0n) is 5.37. The van der Waals surface area contributed by atoms with E-state index in [1.165, 1.54) is 0 Å². The third-order valence-electron chi connectivity index (χ3n) is 1.09. The third-order valence-corrected chi connectivity index (χ3v) is 1.09. The number of nitriles is 1. The summed E-state index contributed by atoms with van der Waals surface area (Å²) in [5, 5.41) is 8.10. The minimum absolute atomic E-state index is 0.551. The van der Waals surface area contributed by atoms with Gasteiger partial charge in [-0.3, -0.25) is 0 Å². The van der Waals surface area contributed by atoms with Crippen LogP contribution in [0.2, 0.25) is 0 Å². The van der Waals surface area contributed by atoms with E-state index in [9.17, 15) is 0 Å². The van der Waals surface area contributed by atoms with Crippen LogP contribution in [0.3, 0.4) is 0 Å². The van der Waals surface area contributed by atoms with Gasteiger partial charge in [-0.1, -0.05) is 12.1 Å². The van der Waals surface area contributed by atoms with Crippen molar-refractivity contribution >= 4 is 0 Å². The summed E-state index contributed by atoms with van der Waals surface area (Å²) in [5.41, 5.74) is 0.908. The number of rotatable bonds is 1. The zero-order chi connectivity index (χ0) is 7.40. The summed E-state index contributed by atoms with van der Waals surface area (Å²) in [5.74, 6) is 0.551. The van der Waals surface area contributed by atoms with Gasteiger partial charge in [-0.2, -0.15) is 0 Å². The van der Waals surface area contributed by atoms with Crippen molar-refractivity contribution in [3.63, 3.8) is 0 Å². The molecule has 49 valence electrons. The van der Waals surface area contributed by atoms with Gasteiger partial charge >= 0.3 is 0 Å². The Hall–Kier alpha value is -1.49. The molecule has 2 heteroatoms. The van der Waals surface area contributed by atoms with Gasteiger partial charge in [0.05, 0.1) is 0 Å². The molecule has 0 atom stereocenters. The van der Waals surface area contributed by atoms with Crippen LogP contribution in [-0.2, 0) is 0 Å². The number of hydrogen-bond acceptors (Lipinski definition) is 2. The van der Waals surface area contributed by atoms with Crippen LogP contribution < -0.4 is 4.74 Å².